The first-order valence-corrected chi connectivity index (χ1v) is 6.44. The number of aryl methyl sites for hydroxylation is 1. The van der Waals surface area contributed by atoms with Crippen molar-refractivity contribution < 1.29 is 20.1 Å². The lowest BCUT2D eigenvalue weighted by Crippen LogP contribution is -2.15. The average molecular weight is 380 g/mol. The number of phenols is 3. The SMILES string of the molecule is Br.Cn1c(C(=O)Nc2cc(O)c(O)c(O)c2)cc2ncccc21. The van der Waals surface area contributed by atoms with Crippen LogP contribution in [0.5, 0.6) is 17.2 Å². The summed E-state index contributed by atoms with van der Waals surface area (Å²) in [6.07, 6.45) is 1.64. The lowest BCUT2D eigenvalue weighted by atomic mass is 10.2. The summed E-state index contributed by atoms with van der Waals surface area (Å²) in [6.45, 7) is 0. The predicted molar refractivity (Wildman–Crippen MR) is 90.4 cm³/mol. The van der Waals surface area contributed by atoms with E-state index in [9.17, 15) is 20.1 Å². The van der Waals surface area contributed by atoms with Crippen molar-refractivity contribution in [3.63, 3.8) is 0 Å². The lowest BCUT2D eigenvalue weighted by Gasteiger charge is -2.08. The minimum Gasteiger partial charge on any atom is -0.504 e. The normalized spacial score (nSPS) is 10.3. The number of hydrogen-bond donors (Lipinski definition) is 4. The van der Waals surface area contributed by atoms with Gasteiger partial charge in [-0.3, -0.25) is 9.78 Å². The van der Waals surface area contributed by atoms with Crippen LogP contribution in [0, 0.1) is 0 Å². The Labute approximate surface area is 141 Å². The first-order valence-electron chi connectivity index (χ1n) is 6.44. The highest BCUT2D eigenvalue weighted by atomic mass is 79.9. The molecule has 0 fully saturated rings. The number of aromatic hydroxyl groups is 3. The summed E-state index contributed by atoms with van der Waals surface area (Å²) in [4.78, 5) is 16.5. The van der Waals surface area contributed by atoms with Crippen molar-refractivity contribution in [1.29, 1.82) is 0 Å². The minimum absolute atomic E-state index is 0. The molecule has 4 N–H and O–H groups in total. The number of halogens is 1. The monoisotopic (exact) mass is 379 g/mol. The minimum atomic E-state index is -0.633. The van der Waals surface area contributed by atoms with Crippen molar-refractivity contribution in [2.75, 3.05) is 5.32 Å². The summed E-state index contributed by atoms with van der Waals surface area (Å²) >= 11 is 0. The molecule has 0 aliphatic carbocycles. The second-order valence-corrected chi connectivity index (χ2v) is 4.81. The Morgan fingerprint density at radius 2 is 1.83 bits per heavy atom. The molecule has 0 aliphatic heterocycles. The van der Waals surface area contributed by atoms with Gasteiger partial charge in [-0.25, -0.2) is 0 Å². The molecule has 7 nitrogen and oxygen atoms in total. The molecule has 0 bridgehead atoms. The number of carbonyl (C=O) groups excluding carboxylic acids is 1. The molecule has 0 spiro atoms. The molecule has 8 heteroatoms. The van der Waals surface area contributed by atoms with Crippen LogP contribution in [0.15, 0.2) is 36.5 Å². The van der Waals surface area contributed by atoms with Crippen LogP contribution in [0.4, 0.5) is 5.69 Å². The molecule has 120 valence electrons. The van der Waals surface area contributed by atoms with Gasteiger partial charge in [-0.15, -0.1) is 17.0 Å². The Hall–Kier alpha value is -2.74. The van der Waals surface area contributed by atoms with Crippen LogP contribution >= 0.6 is 17.0 Å². The molecule has 0 saturated carbocycles. The van der Waals surface area contributed by atoms with Gasteiger partial charge in [-0.2, -0.15) is 0 Å². The number of hydrogen-bond acceptors (Lipinski definition) is 5. The number of benzene rings is 1. The Morgan fingerprint density at radius 3 is 2.43 bits per heavy atom. The van der Waals surface area contributed by atoms with E-state index in [1.807, 2.05) is 6.07 Å². The highest BCUT2D eigenvalue weighted by Crippen LogP contribution is 2.37. The van der Waals surface area contributed by atoms with Gasteiger partial charge in [0.2, 0.25) is 0 Å². The van der Waals surface area contributed by atoms with Crippen LogP contribution in [-0.4, -0.2) is 30.8 Å². The quantitative estimate of drug-likeness (QED) is 0.404. The molecule has 1 amide bonds. The van der Waals surface area contributed by atoms with Gasteiger partial charge in [-0.1, -0.05) is 0 Å². The zero-order chi connectivity index (χ0) is 15.9. The van der Waals surface area contributed by atoms with Crippen LogP contribution in [0.25, 0.3) is 11.0 Å². The van der Waals surface area contributed by atoms with E-state index in [2.05, 4.69) is 10.3 Å². The predicted octanol–water partition coefficient (Wildman–Crippen LogP) is 2.52. The van der Waals surface area contributed by atoms with Crippen molar-refractivity contribution >= 4 is 39.6 Å². The van der Waals surface area contributed by atoms with E-state index in [0.29, 0.717) is 11.2 Å². The number of rotatable bonds is 2. The molecule has 0 radical (unpaired) electrons. The van der Waals surface area contributed by atoms with Crippen LogP contribution in [0.1, 0.15) is 10.5 Å². The van der Waals surface area contributed by atoms with Crippen molar-refractivity contribution in [2.24, 2.45) is 7.05 Å². The Morgan fingerprint density at radius 1 is 1.17 bits per heavy atom. The summed E-state index contributed by atoms with van der Waals surface area (Å²) in [5.74, 6) is -2.10. The van der Waals surface area contributed by atoms with Gasteiger partial charge in [-0.05, 0) is 18.2 Å². The van der Waals surface area contributed by atoms with E-state index in [4.69, 9.17) is 0 Å². The number of amides is 1. The molecule has 3 aromatic rings. The number of carbonyl (C=O) groups is 1. The van der Waals surface area contributed by atoms with E-state index in [0.717, 1.165) is 17.6 Å². The van der Waals surface area contributed by atoms with Gasteiger partial charge >= 0.3 is 0 Å². The number of anilines is 1. The fourth-order valence-electron chi connectivity index (χ4n) is 2.25. The number of nitrogens with zero attached hydrogens (tertiary/aromatic N) is 2. The molecule has 23 heavy (non-hydrogen) atoms. The highest BCUT2D eigenvalue weighted by molar-refractivity contribution is 8.93. The molecule has 0 aliphatic rings. The summed E-state index contributed by atoms with van der Waals surface area (Å²) in [5.41, 5.74) is 2.03. The molecule has 1 aromatic carbocycles. The van der Waals surface area contributed by atoms with E-state index < -0.39 is 23.2 Å². The van der Waals surface area contributed by atoms with E-state index >= 15 is 0 Å². The highest BCUT2D eigenvalue weighted by Gasteiger charge is 2.16. The number of pyridine rings is 1. The number of phenolic OH excluding ortho intramolecular Hbond substituents is 3. The Balaban J connectivity index is 0.00000192. The number of aromatic nitrogens is 2. The fourth-order valence-corrected chi connectivity index (χ4v) is 2.25. The second-order valence-electron chi connectivity index (χ2n) is 4.81. The van der Waals surface area contributed by atoms with Crippen molar-refractivity contribution in [1.82, 2.24) is 9.55 Å². The topological polar surface area (TPSA) is 108 Å². The third-order valence-corrected chi connectivity index (χ3v) is 3.37. The summed E-state index contributed by atoms with van der Waals surface area (Å²) in [5, 5.41) is 30.8. The van der Waals surface area contributed by atoms with E-state index in [1.165, 1.54) is 0 Å². The Kier molecular flexibility index (Phi) is 4.46. The van der Waals surface area contributed by atoms with E-state index in [1.54, 1.807) is 29.9 Å². The van der Waals surface area contributed by atoms with Crippen LogP contribution in [0.3, 0.4) is 0 Å². The smallest absolute Gasteiger partial charge is 0.272 e. The van der Waals surface area contributed by atoms with Gasteiger partial charge in [0.25, 0.3) is 5.91 Å². The van der Waals surface area contributed by atoms with Crippen molar-refractivity contribution in [3.8, 4) is 17.2 Å². The number of fused-ring (bicyclic) bond motifs is 1. The molecule has 2 aromatic heterocycles. The summed E-state index contributed by atoms with van der Waals surface area (Å²) < 4.78 is 1.69. The zero-order valence-electron chi connectivity index (χ0n) is 12.0. The second kappa shape index (κ2) is 6.17. The van der Waals surface area contributed by atoms with Crippen LogP contribution in [0.2, 0.25) is 0 Å². The maximum atomic E-state index is 12.3. The zero-order valence-corrected chi connectivity index (χ0v) is 13.7. The van der Waals surface area contributed by atoms with Crippen molar-refractivity contribution in [2.45, 2.75) is 0 Å². The molecule has 0 atom stereocenters. The molecular formula is C15H14BrN3O4. The lowest BCUT2D eigenvalue weighted by molar-refractivity contribution is 0.101. The third kappa shape index (κ3) is 2.93. The first kappa shape index (κ1) is 16.6. The largest absolute Gasteiger partial charge is 0.504 e. The average Bonchev–Trinajstić information content (AvgIpc) is 2.82. The van der Waals surface area contributed by atoms with Crippen molar-refractivity contribution in [3.05, 3.63) is 42.2 Å². The van der Waals surface area contributed by atoms with Gasteiger partial charge in [0.15, 0.2) is 17.2 Å². The molecule has 3 rings (SSSR count). The summed E-state index contributed by atoms with van der Waals surface area (Å²) in [7, 11) is 1.74. The maximum absolute atomic E-state index is 12.3. The summed E-state index contributed by atoms with van der Waals surface area (Å²) in [6, 6.07) is 7.56. The van der Waals surface area contributed by atoms with Gasteiger partial charge in [0.05, 0.1) is 11.0 Å². The molecular weight excluding hydrogens is 366 g/mol. The van der Waals surface area contributed by atoms with Crippen LogP contribution < -0.4 is 5.32 Å². The van der Waals surface area contributed by atoms with E-state index in [-0.39, 0.29) is 22.7 Å². The third-order valence-electron chi connectivity index (χ3n) is 3.37. The Bertz CT molecular complexity index is 869. The molecule has 0 unspecified atom stereocenters. The van der Waals surface area contributed by atoms with Gasteiger partial charge in [0, 0.05) is 31.1 Å². The fraction of sp³-hybridized carbons (Fsp3) is 0.0667. The number of nitrogens with one attached hydrogen (secondary N) is 1. The van der Waals surface area contributed by atoms with Gasteiger partial charge in [0.1, 0.15) is 5.69 Å². The molecule has 0 saturated heterocycles. The standard InChI is InChI=1S/C15H13N3O4.BrH/c1-18-10-3-2-4-16-9(10)7-11(18)15(22)17-8-5-12(19)14(21)13(20)6-8;/h2-7,19-21H,1H3,(H,17,22);1H. The maximum Gasteiger partial charge on any atom is 0.272 e. The first-order chi connectivity index (χ1) is 10.5. The van der Waals surface area contributed by atoms with Gasteiger partial charge < -0.3 is 25.2 Å². The van der Waals surface area contributed by atoms with Crippen LogP contribution in [-0.2, 0) is 7.05 Å². The molecule has 2 heterocycles.